The number of halogens is 2. The normalized spacial score (nSPS) is 10.1. The summed E-state index contributed by atoms with van der Waals surface area (Å²) in [6, 6.07) is 3.37. The van der Waals surface area contributed by atoms with Crippen LogP contribution in [0.1, 0.15) is 5.56 Å². The molecule has 0 radical (unpaired) electrons. The van der Waals surface area contributed by atoms with Crippen molar-refractivity contribution in [3.8, 4) is 23.1 Å². The highest BCUT2D eigenvalue weighted by atomic mass is 19.1. The fraction of sp³-hybridized carbons (Fsp3) is 0.0833. The van der Waals surface area contributed by atoms with E-state index in [0.29, 0.717) is 6.07 Å². The minimum absolute atomic E-state index is 0.128. The van der Waals surface area contributed by atoms with E-state index in [1.54, 1.807) is 6.07 Å². The van der Waals surface area contributed by atoms with Crippen LogP contribution >= 0.6 is 0 Å². The van der Waals surface area contributed by atoms with Crippen LogP contribution < -0.4 is 16.2 Å². The van der Waals surface area contributed by atoms with Gasteiger partial charge < -0.3 is 16.2 Å². The molecule has 0 saturated heterocycles. The zero-order valence-corrected chi connectivity index (χ0v) is 10.3. The Bertz CT molecular complexity index is 727. The zero-order chi connectivity index (χ0) is 14.9. The molecule has 0 unspecified atom stereocenters. The molecule has 1 aromatic heterocycles. The fourth-order valence-electron chi connectivity index (χ4n) is 1.73. The van der Waals surface area contributed by atoms with Crippen molar-refractivity contribution < 1.29 is 13.5 Å². The summed E-state index contributed by atoms with van der Waals surface area (Å²) in [4.78, 5) is 7.41. The first-order valence-electron chi connectivity index (χ1n) is 5.34. The van der Waals surface area contributed by atoms with E-state index < -0.39 is 11.6 Å². The van der Waals surface area contributed by atoms with E-state index in [1.165, 1.54) is 7.11 Å². The summed E-state index contributed by atoms with van der Waals surface area (Å²) in [6.07, 6.45) is 0. The van der Waals surface area contributed by atoms with Gasteiger partial charge in [0.25, 0.3) is 0 Å². The molecular weight excluding hydrogens is 268 g/mol. The summed E-state index contributed by atoms with van der Waals surface area (Å²) in [5.74, 6) is -2.33. The van der Waals surface area contributed by atoms with Crippen LogP contribution in [0.2, 0.25) is 0 Å². The van der Waals surface area contributed by atoms with E-state index in [4.69, 9.17) is 21.5 Å². The number of aromatic nitrogens is 2. The molecule has 0 aliphatic heterocycles. The van der Waals surface area contributed by atoms with Crippen LogP contribution in [-0.2, 0) is 0 Å². The smallest absolute Gasteiger partial charge is 0.222 e. The molecule has 1 heterocycles. The molecule has 2 rings (SSSR count). The molecule has 0 fully saturated rings. The van der Waals surface area contributed by atoms with E-state index in [0.717, 1.165) is 6.07 Å². The Morgan fingerprint density at radius 3 is 2.55 bits per heavy atom. The standard InChI is InChI=1S/C12H9F2N5O/c1-20-8-3-5(13)2-7(14)9(8)10-6(4-15)11(16)19-12(17)18-10/h2-3H,1H3,(H4,16,17,18,19). The van der Waals surface area contributed by atoms with Gasteiger partial charge in [-0.05, 0) is 0 Å². The molecule has 4 N–H and O–H groups in total. The molecule has 0 saturated carbocycles. The number of hydrogen-bond donors (Lipinski definition) is 2. The maximum absolute atomic E-state index is 14.0. The highest BCUT2D eigenvalue weighted by Crippen LogP contribution is 2.35. The third-order valence-electron chi connectivity index (χ3n) is 2.54. The Hall–Kier alpha value is -2.95. The fourth-order valence-corrected chi connectivity index (χ4v) is 1.73. The number of nitrogens with zero attached hydrogens (tertiary/aromatic N) is 3. The van der Waals surface area contributed by atoms with Crippen molar-refractivity contribution >= 4 is 11.8 Å². The van der Waals surface area contributed by atoms with Gasteiger partial charge in [-0.1, -0.05) is 0 Å². The van der Waals surface area contributed by atoms with Crippen molar-refractivity contribution in [3.05, 3.63) is 29.3 Å². The largest absolute Gasteiger partial charge is 0.496 e. The second-order valence-corrected chi connectivity index (χ2v) is 3.77. The van der Waals surface area contributed by atoms with Crippen LogP contribution in [-0.4, -0.2) is 17.1 Å². The van der Waals surface area contributed by atoms with Crippen LogP contribution in [0.5, 0.6) is 5.75 Å². The van der Waals surface area contributed by atoms with Crippen LogP contribution in [0.15, 0.2) is 12.1 Å². The number of nitrogens with two attached hydrogens (primary N) is 2. The summed E-state index contributed by atoms with van der Waals surface area (Å²) in [5, 5.41) is 9.07. The average molecular weight is 277 g/mol. The van der Waals surface area contributed by atoms with Gasteiger partial charge in [0.2, 0.25) is 5.95 Å². The number of nitrogen functional groups attached to an aromatic ring is 2. The summed E-state index contributed by atoms with van der Waals surface area (Å²) in [7, 11) is 1.23. The lowest BCUT2D eigenvalue weighted by atomic mass is 10.0. The van der Waals surface area contributed by atoms with Crippen molar-refractivity contribution in [3.63, 3.8) is 0 Å². The Morgan fingerprint density at radius 2 is 1.95 bits per heavy atom. The van der Waals surface area contributed by atoms with Gasteiger partial charge in [0.15, 0.2) is 0 Å². The van der Waals surface area contributed by atoms with Crippen LogP contribution in [0.4, 0.5) is 20.5 Å². The Labute approximate surface area is 112 Å². The number of methoxy groups -OCH3 is 1. The van der Waals surface area contributed by atoms with Gasteiger partial charge in [-0.25, -0.2) is 13.8 Å². The average Bonchev–Trinajstić information content (AvgIpc) is 2.36. The summed E-state index contributed by atoms with van der Waals surface area (Å²) in [6.45, 7) is 0. The molecule has 20 heavy (non-hydrogen) atoms. The zero-order valence-electron chi connectivity index (χ0n) is 10.3. The molecule has 0 spiro atoms. The highest BCUT2D eigenvalue weighted by molar-refractivity contribution is 5.77. The third-order valence-corrected chi connectivity index (χ3v) is 2.54. The van der Waals surface area contributed by atoms with Crippen molar-refractivity contribution in [1.29, 1.82) is 5.26 Å². The topological polar surface area (TPSA) is 111 Å². The second kappa shape index (κ2) is 4.97. The minimum Gasteiger partial charge on any atom is -0.496 e. The third kappa shape index (κ3) is 2.16. The predicted molar refractivity (Wildman–Crippen MR) is 67.5 cm³/mol. The van der Waals surface area contributed by atoms with Crippen molar-refractivity contribution in [2.45, 2.75) is 0 Å². The summed E-state index contributed by atoms with van der Waals surface area (Å²) >= 11 is 0. The Balaban J connectivity index is 2.85. The Morgan fingerprint density at radius 1 is 1.25 bits per heavy atom. The van der Waals surface area contributed by atoms with Crippen LogP contribution in [0.3, 0.4) is 0 Å². The maximum Gasteiger partial charge on any atom is 0.222 e. The van der Waals surface area contributed by atoms with E-state index in [-0.39, 0.29) is 34.3 Å². The molecule has 6 nitrogen and oxygen atoms in total. The molecule has 0 bridgehead atoms. The number of hydrogen-bond acceptors (Lipinski definition) is 6. The molecule has 0 aliphatic carbocycles. The van der Waals surface area contributed by atoms with Gasteiger partial charge in [0.1, 0.15) is 40.5 Å². The first kappa shape index (κ1) is 13.5. The lowest BCUT2D eigenvalue weighted by Crippen LogP contribution is -2.06. The van der Waals surface area contributed by atoms with Crippen LogP contribution in [0.25, 0.3) is 11.3 Å². The molecule has 0 amide bonds. The lowest BCUT2D eigenvalue weighted by Gasteiger charge is -2.11. The lowest BCUT2D eigenvalue weighted by molar-refractivity contribution is 0.409. The number of ether oxygens (including phenoxy) is 1. The Kier molecular flexibility index (Phi) is 3.35. The minimum atomic E-state index is -0.948. The van der Waals surface area contributed by atoms with Gasteiger partial charge in [-0.3, -0.25) is 0 Å². The quantitative estimate of drug-likeness (QED) is 0.859. The van der Waals surface area contributed by atoms with E-state index in [9.17, 15) is 8.78 Å². The van der Waals surface area contributed by atoms with Gasteiger partial charge >= 0.3 is 0 Å². The first-order chi connectivity index (χ1) is 9.47. The van der Waals surface area contributed by atoms with Gasteiger partial charge in [0.05, 0.1) is 12.7 Å². The van der Waals surface area contributed by atoms with Crippen LogP contribution in [0, 0.1) is 23.0 Å². The predicted octanol–water partition coefficient (Wildman–Crippen LogP) is 1.47. The molecular formula is C12H9F2N5O. The monoisotopic (exact) mass is 277 g/mol. The number of anilines is 2. The van der Waals surface area contributed by atoms with Gasteiger partial charge in [-0.15, -0.1) is 0 Å². The second-order valence-electron chi connectivity index (χ2n) is 3.77. The molecule has 1 aromatic carbocycles. The molecule has 0 aliphatic rings. The summed E-state index contributed by atoms with van der Waals surface area (Å²) < 4.78 is 32.1. The van der Waals surface area contributed by atoms with Crippen molar-refractivity contribution in [2.75, 3.05) is 18.6 Å². The van der Waals surface area contributed by atoms with E-state index in [1.807, 2.05) is 0 Å². The maximum atomic E-state index is 14.0. The highest BCUT2D eigenvalue weighted by Gasteiger charge is 2.21. The van der Waals surface area contributed by atoms with E-state index >= 15 is 0 Å². The number of benzene rings is 1. The molecule has 8 heteroatoms. The van der Waals surface area contributed by atoms with Crippen molar-refractivity contribution in [2.24, 2.45) is 0 Å². The first-order valence-corrected chi connectivity index (χ1v) is 5.34. The molecule has 0 atom stereocenters. The van der Waals surface area contributed by atoms with E-state index in [2.05, 4.69) is 9.97 Å². The summed E-state index contributed by atoms with van der Waals surface area (Å²) in [5.41, 5.74) is 10.5. The number of nitriles is 1. The van der Waals surface area contributed by atoms with Gasteiger partial charge in [0, 0.05) is 12.1 Å². The SMILES string of the molecule is COc1cc(F)cc(F)c1-c1nc(N)nc(N)c1C#N. The number of rotatable bonds is 2. The molecule has 102 valence electrons. The van der Waals surface area contributed by atoms with Crippen molar-refractivity contribution in [1.82, 2.24) is 9.97 Å². The van der Waals surface area contributed by atoms with Gasteiger partial charge in [-0.2, -0.15) is 10.2 Å². The molecule has 2 aromatic rings.